The van der Waals surface area contributed by atoms with Gasteiger partial charge in [0.25, 0.3) is 5.91 Å². The monoisotopic (exact) mass is 302 g/mol. The summed E-state index contributed by atoms with van der Waals surface area (Å²) >= 11 is 0. The van der Waals surface area contributed by atoms with Crippen LogP contribution in [0.3, 0.4) is 0 Å². The van der Waals surface area contributed by atoms with E-state index in [4.69, 9.17) is 4.74 Å². The molecule has 1 saturated heterocycles. The molecule has 2 N–H and O–H groups in total. The Labute approximate surface area is 127 Å². The number of aromatic amines is 2. The van der Waals surface area contributed by atoms with Gasteiger partial charge in [0.15, 0.2) is 5.75 Å². The summed E-state index contributed by atoms with van der Waals surface area (Å²) in [6, 6.07) is 3.23. The van der Waals surface area contributed by atoms with Crippen LogP contribution in [0.2, 0.25) is 0 Å². The van der Waals surface area contributed by atoms with Gasteiger partial charge in [0, 0.05) is 43.2 Å². The molecule has 1 aliphatic rings. The number of methoxy groups -OCH3 is 1. The van der Waals surface area contributed by atoms with Crippen molar-refractivity contribution in [2.24, 2.45) is 0 Å². The molecule has 0 radical (unpaired) electrons. The van der Waals surface area contributed by atoms with Crippen LogP contribution < -0.4 is 10.2 Å². The molecule has 3 rings (SSSR count). The number of likely N-dealkylation sites (tertiary alicyclic amines) is 1. The van der Waals surface area contributed by atoms with E-state index in [0.29, 0.717) is 13.1 Å². The molecule has 3 heterocycles. The second-order valence-corrected chi connectivity index (χ2v) is 5.38. The van der Waals surface area contributed by atoms with Gasteiger partial charge >= 0.3 is 0 Å². The third-order valence-electron chi connectivity index (χ3n) is 4.00. The number of piperidine rings is 1. The van der Waals surface area contributed by atoms with Gasteiger partial charge in [-0.15, -0.1) is 0 Å². The number of rotatable bonds is 3. The van der Waals surface area contributed by atoms with Gasteiger partial charge in [0.1, 0.15) is 5.69 Å². The van der Waals surface area contributed by atoms with Crippen LogP contribution in [-0.2, 0) is 0 Å². The van der Waals surface area contributed by atoms with E-state index in [1.54, 1.807) is 11.1 Å². The van der Waals surface area contributed by atoms with E-state index in [1.807, 2.05) is 6.07 Å². The van der Waals surface area contributed by atoms with Crippen LogP contribution >= 0.6 is 0 Å². The SMILES string of the molecule is COc1c[nH]c(C(=O)N2CCC[C@@H](c3ccn[nH]3)C2)cc1=O. The predicted molar refractivity (Wildman–Crippen MR) is 80.1 cm³/mol. The highest BCUT2D eigenvalue weighted by molar-refractivity contribution is 5.92. The third kappa shape index (κ3) is 2.74. The third-order valence-corrected chi connectivity index (χ3v) is 4.00. The van der Waals surface area contributed by atoms with Crippen molar-refractivity contribution in [2.75, 3.05) is 20.2 Å². The molecule has 0 bridgehead atoms. The molecule has 1 fully saturated rings. The molecule has 0 spiro atoms. The van der Waals surface area contributed by atoms with Crippen LogP contribution in [-0.4, -0.2) is 46.2 Å². The molecule has 0 aliphatic carbocycles. The van der Waals surface area contributed by atoms with E-state index in [1.165, 1.54) is 19.4 Å². The molecule has 1 aliphatic heterocycles. The molecular formula is C15H18N4O3. The summed E-state index contributed by atoms with van der Waals surface area (Å²) in [5, 5.41) is 6.93. The number of hydrogen-bond acceptors (Lipinski definition) is 4. The number of aromatic nitrogens is 3. The number of amides is 1. The first kappa shape index (κ1) is 14.4. The van der Waals surface area contributed by atoms with E-state index in [2.05, 4.69) is 15.2 Å². The maximum atomic E-state index is 12.6. The highest BCUT2D eigenvalue weighted by atomic mass is 16.5. The first-order valence-corrected chi connectivity index (χ1v) is 7.24. The molecule has 116 valence electrons. The number of carbonyl (C=O) groups excluding carboxylic acids is 1. The smallest absolute Gasteiger partial charge is 0.270 e. The van der Waals surface area contributed by atoms with E-state index in [9.17, 15) is 9.59 Å². The molecule has 1 amide bonds. The summed E-state index contributed by atoms with van der Waals surface area (Å²) in [7, 11) is 1.42. The maximum Gasteiger partial charge on any atom is 0.270 e. The summed E-state index contributed by atoms with van der Waals surface area (Å²) in [4.78, 5) is 28.9. The first-order chi connectivity index (χ1) is 10.7. The molecular weight excluding hydrogens is 284 g/mol. The zero-order valence-electron chi connectivity index (χ0n) is 12.3. The quantitative estimate of drug-likeness (QED) is 0.889. The lowest BCUT2D eigenvalue weighted by atomic mass is 9.94. The lowest BCUT2D eigenvalue weighted by Crippen LogP contribution is -2.39. The van der Waals surface area contributed by atoms with E-state index >= 15 is 0 Å². The fraction of sp³-hybridized carbons (Fsp3) is 0.400. The summed E-state index contributed by atoms with van der Waals surface area (Å²) in [5.41, 5.74) is 1.03. The lowest BCUT2D eigenvalue weighted by Gasteiger charge is -2.32. The Balaban J connectivity index is 1.77. The molecule has 7 heteroatoms. The minimum absolute atomic E-state index is 0.163. The van der Waals surface area contributed by atoms with Gasteiger partial charge in [-0.3, -0.25) is 14.7 Å². The standard InChI is InChI=1S/C15H18N4O3/c1-22-14-8-16-12(7-13(14)20)15(21)19-6-2-3-10(9-19)11-4-5-17-18-11/h4-5,7-8,10H,2-3,6,9H2,1H3,(H,16,20)(H,17,18)/t10-/m1/s1. The molecule has 1 atom stereocenters. The molecule has 0 unspecified atom stereocenters. The minimum atomic E-state index is -0.299. The number of nitrogens with one attached hydrogen (secondary N) is 2. The van der Waals surface area contributed by atoms with Crippen LogP contribution in [0.4, 0.5) is 0 Å². The second kappa shape index (κ2) is 6.05. The van der Waals surface area contributed by atoms with Gasteiger partial charge in [-0.1, -0.05) is 0 Å². The van der Waals surface area contributed by atoms with Crippen molar-refractivity contribution in [3.05, 3.63) is 46.1 Å². The Morgan fingerprint density at radius 1 is 1.50 bits per heavy atom. The first-order valence-electron chi connectivity index (χ1n) is 7.24. The van der Waals surface area contributed by atoms with Crippen molar-refractivity contribution in [3.63, 3.8) is 0 Å². The summed E-state index contributed by atoms with van der Waals surface area (Å²) in [5.74, 6) is 0.291. The maximum absolute atomic E-state index is 12.6. The minimum Gasteiger partial charge on any atom is -0.491 e. The van der Waals surface area contributed by atoms with Gasteiger partial charge in [-0.25, -0.2) is 0 Å². The Kier molecular flexibility index (Phi) is 3.95. The molecule has 0 aromatic carbocycles. The summed E-state index contributed by atoms with van der Waals surface area (Å²) in [6.45, 7) is 1.31. The van der Waals surface area contributed by atoms with Gasteiger partial charge in [0.2, 0.25) is 5.43 Å². The average molecular weight is 302 g/mol. The van der Waals surface area contributed by atoms with Crippen molar-refractivity contribution in [1.82, 2.24) is 20.1 Å². The van der Waals surface area contributed by atoms with Gasteiger partial charge < -0.3 is 14.6 Å². The second-order valence-electron chi connectivity index (χ2n) is 5.38. The molecule has 0 saturated carbocycles. The highest BCUT2D eigenvalue weighted by Crippen LogP contribution is 2.25. The Morgan fingerprint density at radius 3 is 3.05 bits per heavy atom. The molecule has 2 aromatic heterocycles. The molecule has 7 nitrogen and oxygen atoms in total. The highest BCUT2D eigenvalue weighted by Gasteiger charge is 2.26. The van der Waals surface area contributed by atoms with E-state index < -0.39 is 0 Å². The van der Waals surface area contributed by atoms with Crippen LogP contribution in [0.25, 0.3) is 0 Å². The topological polar surface area (TPSA) is 91.1 Å². The van der Waals surface area contributed by atoms with Crippen LogP contribution in [0.15, 0.2) is 29.3 Å². The number of hydrogen-bond donors (Lipinski definition) is 2. The van der Waals surface area contributed by atoms with E-state index in [0.717, 1.165) is 18.5 Å². The number of H-pyrrole nitrogens is 2. The van der Waals surface area contributed by atoms with Crippen molar-refractivity contribution in [3.8, 4) is 5.75 Å². The van der Waals surface area contributed by atoms with Crippen LogP contribution in [0, 0.1) is 0 Å². The fourth-order valence-electron chi connectivity index (χ4n) is 2.82. The summed E-state index contributed by atoms with van der Waals surface area (Å²) in [6.07, 6.45) is 5.09. The van der Waals surface area contributed by atoms with E-state index in [-0.39, 0.29) is 28.7 Å². The largest absolute Gasteiger partial charge is 0.491 e. The van der Waals surface area contributed by atoms with Crippen molar-refractivity contribution in [1.29, 1.82) is 0 Å². The number of ether oxygens (including phenoxy) is 1. The van der Waals surface area contributed by atoms with Crippen molar-refractivity contribution >= 4 is 5.91 Å². The Bertz CT molecular complexity index is 708. The number of carbonyl (C=O) groups is 1. The number of pyridine rings is 1. The van der Waals surface area contributed by atoms with Gasteiger partial charge in [-0.05, 0) is 18.9 Å². The normalized spacial score (nSPS) is 18.2. The van der Waals surface area contributed by atoms with Gasteiger partial charge in [-0.2, -0.15) is 5.10 Å². The van der Waals surface area contributed by atoms with Crippen molar-refractivity contribution < 1.29 is 9.53 Å². The zero-order chi connectivity index (χ0) is 15.5. The number of nitrogens with zero attached hydrogens (tertiary/aromatic N) is 2. The van der Waals surface area contributed by atoms with Crippen LogP contribution in [0.5, 0.6) is 5.75 Å². The predicted octanol–water partition coefficient (Wildman–Crippen LogP) is 1.13. The van der Waals surface area contributed by atoms with Gasteiger partial charge in [0.05, 0.1) is 7.11 Å². The molecule has 2 aromatic rings. The average Bonchev–Trinajstić information content (AvgIpc) is 3.09. The van der Waals surface area contributed by atoms with Crippen molar-refractivity contribution in [2.45, 2.75) is 18.8 Å². The molecule has 22 heavy (non-hydrogen) atoms. The Hall–Kier alpha value is -2.57. The zero-order valence-corrected chi connectivity index (χ0v) is 12.3. The lowest BCUT2D eigenvalue weighted by molar-refractivity contribution is 0.0699. The Morgan fingerprint density at radius 2 is 2.36 bits per heavy atom. The fourth-order valence-corrected chi connectivity index (χ4v) is 2.82. The van der Waals surface area contributed by atoms with Crippen LogP contribution in [0.1, 0.15) is 34.9 Å². The summed E-state index contributed by atoms with van der Waals surface area (Å²) < 4.78 is 4.91.